The first kappa shape index (κ1) is 24.0. The first-order valence-electron chi connectivity index (χ1n) is 11.2. The molecule has 0 saturated carbocycles. The largest absolute Gasteiger partial charge is 0.444 e. The Bertz CT molecular complexity index is 681. The third kappa shape index (κ3) is 8.20. The Hall–Kier alpha value is -2.32. The van der Waals surface area contributed by atoms with Gasteiger partial charge in [-0.15, -0.1) is 10.2 Å². The van der Waals surface area contributed by atoms with Crippen LogP contribution < -0.4 is 10.6 Å². The first-order valence-corrected chi connectivity index (χ1v) is 11.2. The lowest BCUT2D eigenvalue weighted by molar-refractivity contribution is 0.0163. The number of carbonyl (C=O) groups excluding carboxylic acids is 1. The van der Waals surface area contributed by atoms with Gasteiger partial charge in [-0.3, -0.25) is 4.99 Å². The SMILES string of the molecule is CCNC(=NCCC1CCCN(C(=O)OC(C)(C)C)C1)NCCn1cnnc1CC. The highest BCUT2D eigenvalue weighted by atomic mass is 16.6. The van der Waals surface area contributed by atoms with Crippen LogP contribution in [0.2, 0.25) is 0 Å². The second-order valence-corrected chi connectivity index (χ2v) is 8.70. The molecule has 2 rings (SSSR count). The van der Waals surface area contributed by atoms with Crippen LogP contribution in [0.5, 0.6) is 0 Å². The van der Waals surface area contributed by atoms with E-state index in [1.165, 1.54) is 0 Å². The molecule has 0 radical (unpaired) electrons. The second-order valence-electron chi connectivity index (χ2n) is 8.70. The van der Waals surface area contributed by atoms with Gasteiger partial charge in [0.15, 0.2) is 5.96 Å². The van der Waals surface area contributed by atoms with Crippen LogP contribution in [0.15, 0.2) is 11.3 Å². The monoisotopic (exact) mass is 421 g/mol. The van der Waals surface area contributed by atoms with Crippen LogP contribution in [0.1, 0.15) is 59.7 Å². The average Bonchev–Trinajstić information content (AvgIpc) is 3.14. The smallest absolute Gasteiger partial charge is 0.410 e. The number of hydrogen-bond donors (Lipinski definition) is 2. The molecule has 30 heavy (non-hydrogen) atoms. The van der Waals surface area contributed by atoms with Crippen molar-refractivity contribution >= 4 is 12.1 Å². The molecule has 9 nitrogen and oxygen atoms in total. The van der Waals surface area contributed by atoms with Crippen molar-refractivity contribution in [3.05, 3.63) is 12.2 Å². The Morgan fingerprint density at radius 2 is 2.13 bits per heavy atom. The molecule has 1 fully saturated rings. The molecule has 0 aromatic carbocycles. The molecule has 1 atom stereocenters. The third-order valence-electron chi connectivity index (χ3n) is 4.98. The molecule has 170 valence electrons. The summed E-state index contributed by atoms with van der Waals surface area (Å²) in [6.45, 7) is 14.5. The minimum absolute atomic E-state index is 0.203. The van der Waals surface area contributed by atoms with Crippen LogP contribution in [-0.4, -0.2) is 70.0 Å². The number of carbonyl (C=O) groups is 1. The molecule has 1 amide bonds. The lowest BCUT2D eigenvalue weighted by Gasteiger charge is -2.34. The highest BCUT2D eigenvalue weighted by molar-refractivity contribution is 5.79. The Morgan fingerprint density at radius 3 is 2.83 bits per heavy atom. The summed E-state index contributed by atoms with van der Waals surface area (Å²) in [7, 11) is 0. The zero-order chi connectivity index (χ0) is 22.0. The molecule has 0 spiro atoms. The highest BCUT2D eigenvalue weighted by Crippen LogP contribution is 2.21. The van der Waals surface area contributed by atoms with E-state index in [-0.39, 0.29) is 6.09 Å². The number of nitrogens with one attached hydrogen (secondary N) is 2. The topological polar surface area (TPSA) is 96.7 Å². The Morgan fingerprint density at radius 1 is 1.33 bits per heavy atom. The van der Waals surface area contributed by atoms with Gasteiger partial charge in [0, 0.05) is 45.7 Å². The lowest BCUT2D eigenvalue weighted by Crippen LogP contribution is -2.43. The van der Waals surface area contributed by atoms with E-state index >= 15 is 0 Å². The van der Waals surface area contributed by atoms with Gasteiger partial charge in [-0.25, -0.2) is 4.79 Å². The van der Waals surface area contributed by atoms with Crippen molar-refractivity contribution in [2.45, 2.75) is 72.4 Å². The number of nitrogens with zero attached hydrogens (tertiary/aromatic N) is 5. The van der Waals surface area contributed by atoms with Crippen molar-refractivity contribution in [3.8, 4) is 0 Å². The highest BCUT2D eigenvalue weighted by Gasteiger charge is 2.27. The zero-order valence-corrected chi connectivity index (χ0v) is 19.3. The maximum absolute atomic E-state index is 12.3. The molecule has 9 heteroatoms. The minimum Gasteiger partial charge on any atom is -0.444 e. The van der Waals surface area contributed by atoms with Gasteiger partial charge in [0.05, 0.1) is 0 Å². The van der Waals surface area contributed by atoms with E-state index in [0.717, 1.165) is 76.7 Å². The molecule has 1 aromatic heterocycles. The van der Waals surface area contributed by atoms with Gasteiger partial charge in [0.25, 0.3) is 0 Å². The summed E-state index contributed by atoms with van der Waals surface area (Å²) in [6.07, 6.45) is 5.55. The number of rotatable bonds is 8. The number of guanidine groups is 1. The van der Waals surface area contributed by atoms with E-state index in [4.69, 9.17) is 9.73 Å². The summed E-state index contributed by atoms with van der Waals surface area (Å²) in [6, 6.07) is 0. The van der Waals surface area contributed by atoms with Crippen LogP contribution in [0.3, 0.4) is 0 Å². The lowest BCUT2D eigenvalue weighted by atomic mass is 9.95. The molecule has 0 aliphatic carbocycles. The fourth-order valence-electron chi connectivity index (χ4n) is 3.53. The van der Waals surface area contributed by atoms with E-state index in [1.54, 1.807) is 6.33 Å². The summed E-state index contributed by atoms with van der Waals surface area (Å²) >= 11 is 0. The van der Waals surface area contributed by atoms with Gasteiger partial charge in [-0.1, -0.05) is 6.92 Å². The zero-order valence-electron chi connectivity index (χ0n) is 19.3. The summed E-state index contributed by atoms with van der Waals surface area (Å²) in [5, 5.41) is 14.8. The normalized spacial score (nSPS) is 17.7. The van der Waals surface area contributed by atoms with Crippen molar-refractivity contribution in [1.29, 1.82) is 0 Å². The molecule has 1 aliphatic heterocycles. The maximum atomic E-state index is 12.3. The Balaban J connectivity index is 1.78. The quantitative estimate of drug-likeness (QED) is 0.494. The van der Waals surface area contributed by atoms with Crippen LogP contribution >= 0.6 is 0 Å². The van der Waals surface area contributed by atoms with E-state index in [0.29, 0.717) is 5.92 Å². The fourth-order valence-corrected chi connectivity index (χ4v) is 3.53. The van der Waals surface area contributed by atoms with Crippen molar-refractivity contribution < 1.29 is 9.53 Å². The number of amides is 1. The minimum atomic E-state index is -0.453. The standard InChI is InChI=1S/C21H39N7O2/c1-6-18-26-25-16-28(18)14-12-24-19(22-7-2)23-11-10-17-9-8-13-27(15-17)20(29)30-21(3,4)5/h16-17H,6-15H2,1-5H3,(H2,22,23,24). The van der Waals surface area contributed by atoms with Gasteiger partial charge in [0.2, 0.25) is 0 Å². The number of ether oxygens (including phenoxy) is 1. The van der Waals surface area contributed by atoms with Crippen LogP contribution in [0.4, 0.5) is 4.79 Å². The second kappa shape index (κ2) is 11.8. The number of likely N-dealkylation sites (tertiary alicyclic amines) is 1. The maximum Gasteiger partial charge on any atom is 0.410 e. The van der Waals surface area contributed by atoms with Crippen LogP contribution in [0.25, 0.3) is 0 Å². The molecule has 1 saturated heterocycles. The predicted octanol–water partition coefficient (Wildman–Crippen LogP) is 2.43. The van der Waals surface area contributed by atoms with E-state index in [2.05, 4.69) is 39.2 Å². The molecule has 0 bridgehead atoms. The summed E-state index contributed by atoms with van der Waals surface area (Å²) in [5.41, 5.74) is -0.453. The average molecular weight is 422 g/mol. The Labute approximate surface area is 180 Å². The fraction of sp³-hybridized carbons (Fsp3) is 0.810. The van der Waals surface area contributed by atoms with Gasteiger partial charge < -0.3 is 24.8 Å². The summed E-state index contributed by atoms with van der Waals surface area (Å²) in [5.74, 6) is 2.27. The first-order chi connectivity index (χ1) is 14.3. The van der Waals surface area contributed by atoms with Crippen molar-refractivity contribution in [2.75, 3.05) is 32.7 Å². The van der Waals surface area contributed by atoms with Gasteiger partial charge in [-0.05, 0) is 52.9 Å². The molecule has 1 aliphatic rings. The molecular formula is C21H39N7O2. The Kier molecular flexibility index (Phi) is 9.39. The summed E-state index contributed by atoms with van der Waals surface area (Å²) < 4.78 is 7.58. The van der Waals surface area contributed by atoms with Crippen molar-refractivity contribution in [3.63, 3.8) is 0 Å². The van der Waals surface area contributed by atoms with Crippen LogP contribution in [0, 0.1) is 5.92 Å². The van der Waals surface area contributed by atoms with Crippen molar-refractivity contribution in [1.82, 2.24) is 30.3 Å². The number of aliphatic imine (C=N–C) groups is 1. The molecule has 2 N–H and O–H groups in total. The third-order valence-corrected chi connectivity index (χ3v) is 4.98. The number of aryl methyl sites for hydroxylation is 1. The van der Waals surface area contributed by atoms with E-state index in [1.807, 2.05) is 25.7 Å². The number of piperidine rings is 1. The molecular weight excluding hydrogens is 382 g/mol. The summed E-state index contributed by atoms with van der Waals surface area (Å²) in [4.78, 5) is 18.9. The van der Waals surface area contributed by atoms with E-state index in [9.17, 15) is 4.79 Å². The number of aromatic nitrogens is 3. The van der Waals surface area contributed by atoms with Gasteiger partial charge in [-0.2, -0.15) is 0 Å². The molecule has 1 aromatic rings. The van der Waals surface area contributed by atoms with Crippen molar-refractivity contribution in [2.24, 2.45) is 10.9 Å². The van der Waals surface area contributed by atoms with Crippen LogP contribution in [-0.2, 0) is 17.7 Å². The van der Waals surface area contributed by atoms with Gasteiger partial charge in [0.1, 0.15) is 17.8 Å². The number of hydrogen-bond acceptors (Lipinski definition) is 5. The molecule has 1 unspecified atom stereocenters. The van der Waals surface area contributed by atoms with Gasteiger partial charge >= 0.3 is 6.09 Å². The predicted molar refractivity (Wildman–Crippen MR) is 119 cm³/mol. The van der Waals surface area contributed by atoms with E-state index < -0.39 is 5.60 Å². The molecule has 2 heterocycles.